The molecule has 0 spiro atoms. The van der Waals surface area contributed by atoms with Crippen molar-refractivity contribution in [2.24, 2.45) is 11.8 Å². The largest absolute Gasteiger partial charge is 0.463 e. The third kappa shape index (κ3) is 8.35. The van der Waals surface area contributed by atoms with Gasteiger partial charge in [0, 0.05) is 31.1 Å². The highest BCUT2D eigenvalue weighted by Crippen LogP contribution is 2.37. The number of carbonyl (C=O) groups excluding carboxylic acids is 1. The Morgan fingerprint density at radius 2 is 1.93 bits per heavy atom. The quantitative estimate of drug-likeness (QED) is 0.275. The van der Waals surface area contributed by atoms with Gasteiger partial charge in [-0.05, 0) is 44.3 Å². The molecule has 1 aliphatic rings. The molecule has 1 fully saturated rings. The maximum absolute atomic E-state index is 11.7. The fourth-order valence-electron chi connectivity index (χ4n) is 2.95. The van der Waals surface area contributed by atoms with Gasteiger partial charge in [-0.3, -0.25) is 0 Å². The van der Waals surface area contributed by atoms with Gasteiger partial charge in [0.15, 0.2) is 14.6 Å². The molecule has 164 valence electrons. The van der Waals surface area contributed by atoms with Gasteiger partial charge in [0.1, 0.15) is 0 Å². The van der Waals surface area contributed by atoms with Gasteiger partial charge >= 0.3 is 5.97 Å². The molecular formula is C22H42O5Si. The van der Waals surface area contributed by atoms with Gasteiger partial charge in [0.2, 0.25) is 0 Å². The maximum atomic E-state index is 11.7. The zero-order valence-corrected chi connectivity index (χ0v) is 20.2. The van der Waals surface area contributed by atoms with E-state index in [0.717, 1.165) is 25.9 Å². The van der Waals surface area contributed by atoms with Gasteiger partial charge in [0.25, 0.3) is 0 Å². The molecule has 0 aromatic heterocycles. The fraction of sp³-hybridized carbons (Fsp3) is 0.864. The highest BCUT2D eigenvalue weighted by molar-refractivity contribution is 6.74. The van der Waals surface area contributed by atoms with E-state index >= 15 is 0 Å². The maximum Gasteiger partial charge on any atom is 0.330 e. The van der Waals surface area contributed by atoms with E-state index in [1.54, 1.807) is 0 Å². The lowest BCUT2D eigenvalue weighted by molar-refractivity contribution is -0.206. The minimum absolute atomic E-state index is 0.0490. The second kappa shape index (κ2) is 11.5. The van der Waals surface area contributed by atoms with Crippen molar-refractivity contribution in [1.82, 2.24) is 0 Å². The molecule has 0 aromatic rings. The molecule has 0 N–H and O–H groups in total. The molecule has 1 saturated heterocycles. The van der Waals surface area contributed by atoms with E-state index < -0.39 is 8.32 Å². The first kappa shape index (κ1) is 25.3. The number of carbonyl (C=O) groups is 1. The van der Waals surface area contributed by atoms with Gasteiger partial charge < -0.3 is 18.6 Å². The van der Waals surface area contributed by atoms with Crippen molar-refractivity contribution in [2.75, 3.05) is 19.8 Å². The molecule has 0 radical (unpaired) electrons. The van der Waals surface area contributed by atoms with E-state index in [4.69, 9.17) is 18.6 Å². The molecule has 0 saturated carbocycles. The average Bonchev–Trinajstić information content (AvgIpc) is 2.62. The summed E-state index contributed by atoms with van der Waals surface area (Å²) in [5, 5.41) is 0.172. The summed E-state index contributed by atoms with van der Waals surface area (Å²) in [4.78, 5) is 11.7. The second-order valence-corrected chi connectivity index (χ2v) is 14.2. The summed E-state index contributed by atoms with van der Waals surface area (Å²) in [6, 6.07) is 0. The van der Waals surface area contributed by atoms with E-state index in [9.17, 15) is 4.79 Å². The third-order valence-electron chi connectivity index (χ3n) is 5.86. The van der Waals surface area contributed by atoms with Crippen LogP contribution < -0.4 is 0 Å². The second-order valence-electron chi connectivity index (χ2n) is 9.42. The van der Waals surface area contributed by atoms with Crippen LogP contribution in [0, 0.1) is 11.8 Å². The number of rotatable bonds is 10. The lowest BCUT2D eigenvalue weighted by Crippen LogP contribution is -2.44. The predicted octanol–water partition coefficient (Wildman–Crippen LogP) is 5.31. The molecule has 1 unspecified atom stereocenters. The fourth-order valence-corrected chi connectivity index (χ4v) is 4.06. The summed E-state index contributed by atoms with van der Waals surface area (Å²) >= 11 is 0. The lowest BCUT2D eigenvalue weighted by atomic mass is 9.93. The minimum Gasteiger partial charge on any atom is -0.463 e. The van der Waals surface area contributed by atoms with E-state index in [1.165, 1.54) is 6.08 Å². The Morgan fingerprint density at radius 3 is 2.46 bits per heavy atom. The Balaban J connectivity index is 2.81. The highest BCUT2D eigenvalue weighted by atomic mass is 28.4. The molecule has 4 atom stereocenters. The predicted molar refractivity (Wildman–Crippen MR) is 116 cm³/mol. The van der Waals surface area contributed by atoms with E-state index in [2.05, 4.69) is 47.7 Å². The smallest absolute Gasteiger partial charge is 0.330 e. The topological polar surface area (TPSA) is 54.0 Å². The molecule has 0 amide bonds. The summed E-state index contributed by atoms with van der Waals surface area (Å²) < 4.78 is 23.6. The molecule has 5 nitrogen and oxygen atoms in total. The van der Waals surface area contributed by atoms with Crippen molar-refractivity contribution in [3.05, 3.63) is 12.2 Å². The average molecular weight is 415 g/mol. The van der Waals surface area contributed by atoms with Crippen LogP contribution in [0.2, 0.25) is 18.1 Å². The summed E-state index contributed by atoms with van der Waals surface area (Å²) in [6.45, 7) is 19.1. The van der Waals surface area contributed by atoms with Crippen LogP contribution in [0.15, 0.2) is 12.2 Å². The first-order valence-electron chi connectivity index (χ1n) is 10.7. The summed E-state index contributed by atoms with van der Waals surface area (Å²) in [5.41, 5.74) is 0. The number of hydrogen-bond acceptors (Lipinski definition) is 5. The normalized spacial score (nSPS) is 22.1. The molecule has 6 heteroatoms. The molecule has 0 aliphatic carbocycles. The molecule has 1 heterocycles. The van der Waals surface area contributed by atoms with Crippen LogP contribution >= 0.6 is 0 Å². The number of ether oxygens (including phenoxy) is 3. The lowest BCUT2D eigenvalue weighted by Gasteiger charge is -2.39. The van der Waals surface area contributed by atoms with E-state index in [-0.39, 0.29) is 35.2 Å². The van der Waals surface area contributed by atoms with Crippen LogP contribution in [0.25, 0.3) is 0 Å². The van der Waals surface area contributed by atoms with Gasteiger partial charge in [-0.1, -0.05) is 40.7 Å². The van der Waals surface area contributed by atoms with Gasteiger partial charge in [-0.2, -0.15) is 0 Å². The van der Waals surface area contributed by atoms with Crippen molar-refractivity contribution < 1.29 is 23.4 Å². The molecule has 0 aromatic carbocycles. The molecule has 1 rings (SSSR count). The summed E-state index contributed by atoms with van der Waals surface area (Å²) in [6.07, 6.45) is 6.26. The number of hydrogen-bond donors (Lipinski definition) is 0. The summed E-state index contributed by atoms with van der Waals surface area (Å²) in [5.74, 6) is -0.0818. The Hall–Kier alpha value is -0.693. The SMILES string of the molecule is CCOC(=O)/C=C/[C@H](C)[C@H](OC1CCCCO1)[C@@H](C)CO[Si](C)(C)C(C)(C)C. The molecule has 28 heavy (non-hydrogen) atoms. The van der Waals surface area contributed by atoms with Gasteiger partial charge in [0.05, 0.1) is 12.7 Å². The highest BCUT2D eigenvalue weighted by Gasteiger charge is 2.38. The number of esters is 1. The van der Waals surface area contributed by atoms with Crippen LogP contribution in [0.4, 0.5) is 0 Å². The van der Waals surface area contributed by atoms with Crippen LogP contribution in [-0.4, -0.2) is 46.5 Å². The van der Waals surface area contributed by atoms with Crippen molar-refractivity contribution in [1.29, 1.82) is 0 Å². The van der Waals surface area contributed by atoms with Crippen LogP contribution in [-0.2, 0) is 23.4 Å². The Labute approximate surface area is 173 Å². The van der Waals surface area contributed by atoms with Crippen molar-refractivity contribution in [2.45, 2.75) is 91.3 Å². The molecular weight excluding hydrogens is 372 g/mol. The van der Waals surface area contributed by atoms with Crippen LogP contribution in [0.3, 0.4) is 0 Å². The standard InChI is InChI=1S/C22H42O5Si/c1-9-24-19(23)14-13-17(2)21(27-20-12-10-11-15-25-20)18(3)16-26-28(7,8)22(4,5)6/h13-14,17-18,20-21H,9-12,15-16H2,1-8H3/b14-13+/t17-,18-,20?,21-/m0/s1. The summed E-state index contributed by atoms with van der Waals surface area (Å²) in [7, 11) is -1.83. The van der Waals surface area contributed by atoms with Crippen LogP contribution in [0.5, 0.6) is 0 Å². The zero-order chi connectivity index (χ0) is 21.4. The minimum atomic E-state index is -1.83. The first-order chi connectivity index (χ1) is 13.0. The van der Waals surface area contributed by atoms with Crippen molar-refractivity contribution in [3.8, 4) is 0 Å². The monoisotopic (exact) mass is 414 g/mol. The first-order valence-corrected chi connectivity index (χ1v) is 13.6. The molecule has 1 aliphatic heterocycles. The van der Waals surface area contributed by atoms with E-state index in [1.807, 2.05) is 13.0 Å². The van der Waals surface area contributed by atoms with E-state index in [0.29, 0.717) is 13.2 Å². The van der Waals surface area contributed by atoms with Crippen molar-refractivity contribution >= 4 is 14.3 Å². The van der Waals surface area contributed by atoms with Crippen molar-refractivity contribution in [3.63, 3.8) is 0 Å². The third-order valence-corrected chi connectivity index (χ3v) is 10.4. The zero-order valence-electron chi connectivity index (χ0n) is 19.2. The Bertz CT molecular complexity index is 492. The van der Waals surface area contributed by atoms with Gasteiger partial charge in [-0.25, -0.2) is 4.79 Å². The van der Waals surface area contributed by atoms with Gasteiger partial charge in [-0.15, -0.1) is 0 Å². The van der Waals surface area contributed by atoms with Crippen LogP contribution in [0.1, 0.15) is 60.8 Å². The Kier molecular flexibility index (Phi) is 10.4. The molecule has 0 bridgehead atoms. The Morgan fingerprint density at radius 1 is 1.25 bits per heavy atom.